The maximum atomic E-state index is 13.6. The lowest BCUT2D eigenvalue weighted by Crippen LogP contribution is -2.35. The lowest BCUT2D eigenvalue weighted by molar-refractivity contribution is 0.00477. The molecule has 1 unspecified atom stereocenters. The standard InChI is InChI=1S/C15H20ClFN2O3/c16-12-6-11(7-13(17)8-12)14(10-2-1-3-18-9-10)22-5-4-19-15(20)21/h6-8,10,14,18-19H,1-5,9H2,(H,20,21)/t10-,14?/m1/s1. The van der Waals surface area contributed by atoms with Gasteiger partial charge in [0.25, 0.3) is 0 Å². The molecule has 7 heteroatoms. The van der Waals surface area contributed by atoms with Crippen LogP contribution in [-0.2, 0) is 4.74 Å². The van der Waals surface area contributed by atoms with Gasteiger partial charge in [-0.25, -0.2) is 9.18 Å². The Morgan fingerprint density at radius 1 is 1.55 bits per heavy atom. The van der Waals surface area contributed by atoms with Crippen LogP contribution in [0.1, 0.15) is 24.5 Å². The van der Waals surface area contributed by atoms with E-state index in [9.17, 15) is 9.18 Å². The van der Waals surface area contributed by atoms with Gasteiger partial charge in [0.05, 0.1) is 12.7 Å². The van der Waals surface area contributed by atoms with Gasteiger partial charge < -0.3 is 20.5 Å². The molecule has 22 heavy (non-hydrogen) atoms. The topological polar surface area (TPSA) is 70.6 Å². The molecule has 0 radical (unpaired) electrons. The summed E-state index contributed by atoms with van der Waals surface area (Å²) in [4.78, 5) is 10.5. The molecule has 0 saturated carbocycles. The minimum absolute atomic E-state index is 0.190. The highest BCUT2D eigenvalue weighted by molar-refractivity contribution is 6.30. The van der Waals surface area contributed by atoms with Gasteiger partial charge in [0.1, 0.15) is 5.82 Å². The molecule has 1 aliphatic rings. The first kappa shape index (κ1) is 17.0. The van der Waals surface area contributed by atoms with Gasteiger partial charge in [0.15, 0.2) is 0 Å². The summed E-state index contributed by atoms with van der Waals surface area (Å²) in [5.74, 6) is -0.194. The van der Waals surface area contributed by atoms with Crippen molar-refractivity contribution in [2.75, 3.05) is 26.2 Å². The smallest absolute Gasteiger partial charge is 0.404 e. The van der Waals surface area contributed by atoms with E-state index >= 15 is 0 Å². The molecule has 5 nitrogen and oxygen atoms in total. The Morgan fingerprint density at radius 2 is 2.36 bits per heavy atom. The van der Waals surface area contributed by atoms with E-state index in [1.807, 2.05) is 0 Å². The largest absolute Gasteiger partial charge is 0.465 e. The Kier molecular flexibility index (Phi) is 6.42. The highest BCUT2D eigenvalue weighted by Crippen LogP contribution is 2.32. The molecule has 0 bridgehead atoms. The third-order valence-electron chi connectivity index (χ3n) is 3.65. The van der Waals surface area contributed by atoms with Crippen LogP contribution in [0.25, 0.3) is 0 Å². The van der Waals surface area contributed by atoms with Crippen LogP contribution < -0.4 is 10.6 Å². The molecule has 2 rings (SSSR count). The summed E-state index contributed by atoms with van der Waals surface area (Å²) in [5.41, 5.74) is 0.689. The van der Waals surface area contributed by atoms with E-state index in [1.165, 1.54) is 12.1 Å². The Morgan fingerprint density at radius 3 is 3.00 bits per heavy atom. The monoisotopic (exact) mass is 330 g/mol. The predicted octanol–water partition coefficient (Wildman–Crippen LogP) is 2.80. The Hall–Kier alpha value is -1.37. The minimum atomic E-state index is -1.09. The molecule has 0 spiro atoms. The van der Waals surface area contributed by atoms with E-state index in [4.69, 9.17) is 21.4 Å². The molecule has 2 atom stereocenters. The fourth-order valence-electron chi connectivity index (χ4n) is 2.72. The third-order valence-corrected chi connectivity index (χ3v) is 3.87. The van der Waals surface area contributed by atoms with Crippen LogP contribution in [0.15, 0.2) is 18.2 Å². The summed E-state index contributed by atoms with van der Waals surface area (Å²) in [7, 11) is 0. The summed E-state index contributed by atoms with van der Waals surface area (Å²) < 4.78 is 19.4. The molecule has 3 N–H and O–H groups in total. The van der Waals surface area contributed by atoms with Crippen LogP contribution in [0, 0.1) is 11.7 Å². The highest BCUT2D eigenvalue weighted by atomic mass is 35.5. The molecular formula is C15H20ClFN2O3. The van der Waals surface area contributed by atoms with Crippen molar-refractivity contribution in [1.29, 1.82) is 0 Å². The van der Waals surface area contributed by atoms with E-state index in [1.54, 1.807) is 6.07 Å². The van der Waals surface area contributed by atoms with Gasteiger partial charge >= 0.3 is 6.09 Å². The van der Waals surface area contributed by atoms with Crippen LogP contribution >= 0.6 is 11.6 Å². The van der Waals surface area contributed by atoms with Crippen molar-refractivity contribution >= 4 is 17.7 Å². The lowest BCUT2D eigenvalue weighted by atomic mass is 9.89. The fourth-order valence-corrected chi connectivity index (χ4v) is 2.96. The molecular weight excluding hydrogens is 311 g/mol. The Bertz CT molecular complexity index is 489. The maximum Gasteiger partial charge on any atom is 0.404 e. The second-order valence-corrected chi connectivity index (χ2v) is 5.77. The van der Waals surface area contributed by atoms with E-state index in [2.05, 4.69) is 10.6 Å². The second-order valence-electron chi connectivity index (χ2n) is 5.33. The first-order valence-corrected chi connectivity index (χ1v) is 7.69. The van der Waals surface area contributed by atoms with Crippen molar-refractivity contribution in [3.8, 4) is 0 Å². The van der Waals surface area contributed by atoms with E-state index in [-0.39, 0.29) is 25.2 Å². The molecule has 1 amide bonds. The van der Waals surface area contributed by atoms with Crippen molar-refractivity contribution in [3.05, 3.63) is 34.6 Å². The number of benzene rings is 1. The number of ether oxygens (including phenoxy) is 1. The van der Waals surface area contributed by atoms with Gasteiger partial charge in [0.2, 0.25) is 0 Å². The SMILES string of the molecule is O=C(O)NCCOC(c1cc(F)cc(Cl)c1)[C@@H]1CCCNC1. The number of hydrogen-bond donors (Lipinski definition) is 3. The molecule has 0 aliphatic carbocycles. The Labute approximate surface area is 133 Å². The molecule has 1 aliphatic heterocycles. The van der Waals surface area contributed by atoms with Crippen LogP contribution in [0.3, 0.4) is 0 Å². The Balaban J connectivity index is 2.07. The average Bonchev–Trinajstić information content (AvgIpc) is 2.46. The number of carboxylic acid groups (broad SMARTS) is 1. The zero-order chi connectivity index (χ0) is 15.9. The summed E-state index contributed by atoms with van der Waals surface area (Å²) in [6, 6.07) is 4.39. The highest BCUT2D eigenvalue weighted by Gasteiger charge is 2.26. The summed E-state index contributed by atoms with van der Waals surface area (Å²) >= 11 is 5.93. The van der Waals surface area contributed by atoms with Gasteiger partial charge in [-0.05, 0) is 43.1 Å². The number of halogens is 2. The first-order chi connectivity index (χ1) is 10.6. The number of piperidine rings is 1. The van der Waals surface area contributed by atoms with Gasteiger partial charge in [-0.1, -0.05) is 11.6 Å². The molecule has 0 aromatic heterocycles. The number of hydrogen-bond acceptors (Lipinski definition) is 3. The summed E-state index contributed by atoms with van der Waals surface area (Å²) in [5, 5.41) is 14.5. The molecule has 122 valence electrons. The summed E-state index contributed by atoms with van der Waals surface area (Å²) in [6.07, 6.45) is 0.601. The van der Waals surface area contributed by atoms with Gasteiger partial charge in [-0.3, -0.25) is 0 Å². The lowest BCUT2D eigenvalue weighted by Gasteiger charge is -2.31. The number of amides is 1. The van der Waals surface area contributed by atoms with Crippen molar-refractivity contribution in [2.45, 2.75) is 18.9 Å². The second kappa shape index (κ2) is 8.31. The van der Waals surface area contributed by atoms with Gasteiger partial charge in [-0.15, -0.1) is 0 Å². The van der Waals surface area contributed by atoms with Crippen LogP contribution in [0.2, 0.25) is 5.02 Å². The first-order valence-electron chi connectivity index (χ1n) is 7.31. The van der Waals surface area contributed by atoms with Crippen LogP contribution in [0.4, 0.5) is 9.18 Å². The predicted molar refractivity (Wildman–Crippen MR) is 81.7 cm³/mol. The average molecular weight is 331 g/mol. The molecule has 1 fully saturated rings. The number of nitrogens with one attached hydrogen (secondary N) is 2. The quantitative estimate of drug-likeness (QED) is 0.701. The zero-order valence-corrected chi connectivity index (χ0v) is 12.9. The number of rotatable bonds is 6. The normalized spacial score (nSPS) is 19.6. The van der Waals surface area contributed by atoms with Gasteiger partial charge in [0, 0.05) is 24.0 Å². The third kappa shape index (κ3) is 5.12. The van der Waals surface area contributed by atoms with Crippen molar-refractivity contribution in [3.63, 3.8) is 0 Å². The van der Waals surface area contributed by atoms with Gasteiger partial charge in [-0.2, -0.15) is 0 Å². The molecule has 1 aromatic rings. The zero-order valence-electron chi connectivity index (χ0n) is 12.1. The van der Waals surface area contributed by atoms with E-state index < -0.39 is 11.9 Å². The number of carbonyl (C=O) groups is 1. The molecule has 1 aromatic carbocycles. The molecule has 1 heterocycles. The maximum absolute atomic E-state index is 13.6. The van der Waals surface area contributed by atoms with E-state index in [0.717, 1.165) is 25.9 Å². The van der Waals surface area contributed by atoms with Crippen LogP contribution in [0.5, 0.6) is 0 Å². The van der Waals surface area contributed by atoms with E-state index in [0.29, 0.717) is 10.6 Å². The summed E-state index contributed by atoms with van der Waals surface area (Å²) in [6.45, 7) is 2.16. The minimum Gasteiger partial charge on any atom is -0.465 e. The van der Waals surface area contributed by atoms with Crippen LogP contribution in [-0.4, -0.2) is 37.4 Å². The fraction of sp³-hybridized carbons (Fsp3) is 0.533. The molecule has 1 saturated heterocycles. The van der Waals surface area contributed by atoms with Crippen molar-refractivity contribution in [2.24, 2.45) is 5.92 Å². The van der Waals surface area contributed by atoms with Crippen molar-refractivity contribution in [1.82, 2.24) is 10.6 Å². The van der Waals surface area contributed by atoms with Crippen molar-refractivity contribution < 1.29 is 19.0 Å².